The number of hydrogen-bond acceptors (Lipinski definition) is 2. The smallest absolute Gasteiger partial charge is 0.260 e. The van der Waals surface area contributed by atoms with Crippen LogP contribution in [-0.4, -0.2) is 14.5 Å². The molecule has 4 nitrogen and oxygen atoms in total. The van der Waals surface area contributed by atoms with Crippen molar-refractivity contribution in [2.24, 2.45) is 0 Å². The van der Waals surface area contributed by atoms with E-state index in [1.165, 1.54) is 18.5 Å². The first-order valence-electron chi connectivity index (χ1n) is 7.25. The van der Waals surface area contributed by atoms with Gasteiger partial charge in [-0.25, -0.2) is 9.37 Å². The molecule has 2 aromatic heterocycles. The number of rotatable bonds is 2. The average molecular weight is 340 g/mol. The molecule has 4 rings (SSSR count). The number of aromatic amines is 1. The average Bonchev–Trinajstić information content (AvgIpc) is 2.99. The fraction of sp³-hybridized carbons (Fsp3) is 0. The Kier molecular flexibility index (Phi) is 3.43. The summed E-state index contributed by atoms with van der Waals surface area (Å²) in [5.41, 5.74) is 2.53. The molecule has 0 unspecified atom stereocenters. The molecule has 0 amide bonds. The van der Waals surface area contributed by atoms with Crippen LogP contribution in [0.3, 0.4) is 0 Å². The second-order valence-corrected chi connectivity index (χ2v) is 5.71. The molecule has 0 atom stereocenters. The highest BCUT2D eigenvalue weighted by Gasteiger charge is 2.16. The van der Waals surface area contributed by atoms with Gasteiger partial charge in [-0.3, -0.25) is 4.79 Å². The molecule has 0 saturated carbocycles. The Labute approximate surface area is 141 Å². The summed E-state index contributed by atoms with van der Waals surface area (Å²) in [6.45, 7) is 0. The standard InChI is InChI=1S/C18H11ClFN3O/c19-14-8-12(6-7-15(14)20)23-9-13(11-4-2-1-3-5-11)16-17(23)21-10-22-18(16)24/h1-10H,(H,21,22,24). The maximum Gasteiger partial charge on any atom is 0.260 e. The van der Waals surface area contributed by atoms with Crippen LogP contribution in [0.25, 0.3) is 27.8 Å². The predicted octanol–water partition coefficient (Wildman–Crippen LogP) is 4.17. The highest BCUT2D eigenvalue weighted by molar-refractivity contribution is 6.30. The van der Waals surface area contributed by atoms with Crippen LogP contribution < -0.4 is 5.56 Å². The molecule has 6 heteroatoms. The third-order valence-electron chi connectivity index (χ3n) is 3.86. The van der Waals surface area contributed by atoms with E-state index in [-0.39, 0.29) is 10.6 Å². The highest BCUT2D eigenvalue weighted by atomic mass is 35.5. The van der Waals surface area contributed by atoms with Gasteiger partial charge in [0.2, 0.25) is 0 Å². The van der Waals surface area contributed by atoms with Gasteiger partial charge in [0.1, 0.15) is 5.82 Å². The molecule has 0 aliphatic heterocycles. The second-order valence-electron chi connectivity index (χ2n) is 5.31. The van der Waals surface area contributed by atoms with Crippen LogP contribution in [0.5, 0.6) is 0 Å². The zero-order valence-electron chi connectivity index (χ0n) is 12.3. The van der Waals surface area contributed by atoms with E-state index in [9.17, 15) is 9.18 Å². The zero-order chi connectivity index (χ0) is 16.7. The van der Waals surface area contributed by atoms with Gasteiger partial charge in [-0.2, -0.15) is 0 Å². The molecule has 24 heavy (non-hydrogen) atoms. The summed E-state index contributed by atoms with van der Waals surface area (Å²) in [6.07, 6.45) is 3.16. The van der Waals surface area contributed by atoms with Crippen LogP contribution in [0.4, 0.5) is 4.39 Å². The van der Waals surface area contributed by atoms with Gasteiger partial charge >= 0.3 is 0 Å². The van der Waals surface area contributed by atoms with E-state index in [0.717, 1.165) is 11.1 Å². The van der Waals surface area contributed by atoms with Gasteiger partial charge in [0.15, 0.2) is 5.65 Å². The maximum absolute atomic E-state index is 13.5. The number of nitrogens with one attached hydrogen (secondary N) is 1. The van der Waals surface area contributed by atoms with E-state index in [4.69, 9.17) is 11.6 Å². The fourth-order valence-electron chi connectivity index (χ4n) is 2.74. The van der Waals surface area contributed by atoms with Crippen molar-refractivity contribution in [2.75, 3.05) is 0 Å². The SMILES string of the molecule is O=c1[nH]cnc2c1c(-c1ccccc1)cn2-c1ccc(F)c(Cl)c1. The Hall–Kier alpha value is -2.92. The molecule has 0 bridgehead atoms. The third kappa shape index (κ3) is 2.30. The van der Waals surface area contributed by atoms with Gasteiger partial charge < -0.3 is 9.55 Å². The molecule has 0 spiro atoms. The summed E-state index contributed by atoms with van der Waals surface area (Å²) in [6, 6.07) is 13.9. The minimum atomic E-state index is -0.494. The summed E-state index contributed by atoms with van der Waals surface area (Å²) in [4.78, 5) is 19.2. The lowest BCUT2D eigenvalue weighted by molar-refractivity contribution is 0.628. The van der Waals surface area contributed by atoms with Gasteiger partial charge in [0.25, 0.3) is 5.56 Å². The number of hydrogen-bond donors (Lipinski definition) is 1. The largest absolute Gasteiger partial charge is 0.312 e. The number of benzene rings is 2. The first kappa shape index (κ1) is 14.7. The topological polar surface area (TPSA) is 50.7 Å². The molecule has 0 fully saturated rings. The predicted molar refractivity (Wildman–Crippen MR) is 92.1 cm³/mol. The summed E-state index contributed by atoms with van der Waals surface area (Å²) < 4.78 is 15.2. The first-order chi connectivity index (χ1) is 11.6. The molecule has 0 saturated heterocycles. The summed E-state index contributed by atoms with van der Waals surface area (Å²) in [7, 11) is 0. The summed E-state index contributed by atoms with van der Waals surface area (Å²) in [5, 5.41) is 0.490. The Morgan fingerprint density at radius 2 is 1.92 bits per heavy atom. The first-order valence-corrected chi connectivity index (χ1v) is 7.62. The maximum atomic E-state index is 13.5. The van der Waals surface area contributed by atoms with Crippen LogP contribution in [0.2, 0.25) is 5.02 Å². The number of nitrogens with zero attached hydrogens (tertiary/aromatic N) is 2. The number of halogens is 2. The normalized spacial score (nSPS) is 11.1. The summed E-state index contributed by atoms with van der Waals surface area (Å²) in [5.74, 6) is -0.494. The van der Waals surface area contributed by atoms with Gasteiger partial charge in [-0.15, -0.1) is 0 Å². The van der Waals surface area contributed by atoms with Crippen LogP contribution in [-0.2, 0) is 0 Å². The van der Waals surface area contributed by atoms with Crippen LogP contribution >= 0.6 is 11.6 Å². The Morgan fingerprint density at radius 1 is 1.12 bits per heavy atom. The second kappa shape index (κ2) is 5.62. The lowest BCUT2D eigenvalue weighted by atomic mass is 10.1. The van der Waals surface area contributed by atoms with E-state index in [0.29, 0.717) is 16.7 Å². The lowest BCUT2D eigenvalue weighted by Gasteiger charge is -2.05. The summed E-state index contributed by atoms with van der Waals surface area (Å²) >= 11 is 5.89. The minimum Gasteiger partial charge on any atom is -0.312 e. The van der Waals surface area contributed by atoms with Gasteiger partial charge in [0, 0.05) is 17.4 Å². The number of aromatic nitrogens is 3. The zero-order valence-corrected chi connectivity index (χ0v) is 13.1. The quantitative estimate of drug-likeness (QED) is 0.596. The van der Waals surface area contributed by atoms with E-state index in [1.54, 1.807) is 10.6 Å². The van der Waals surface area contributed by atoms with Crippen molar-refractivity contribution in [3.05, 3.63) is 82.2 Å². The molecule has 2 aromatic carbocycles. The van der Waals surface area contributed by atoms with Crippen LogP contribution in [0.1, 0.15) is 0 Å². The van der Waals surface area contributed by atoms with E-state index < -0.39 is 5.82 Å². The number of fused-ring (bicyclic) bond motifs is 1. The van der Waals surface area contributed by atoms with Crippen molar-refractivity contribution in [3.8, 4) is 16.8 Å². The van der Waals surface area contributed by atoms with Crippen LogP contribution in [0, 0.1) is 5.82 Å². The fourth-order valence-corrected chi connectivity index (χ4v) is 2.91. The molecular formula is C18H11ClFN3O. The minimum absolute atomic E-state index is 0.0143. The Balaban J connectivity index is 2.06. The molecule has 0 radical (unpaired) electrons. The monoisotopic (exact) mass is 339 g/mol. The lowest BCUT2D eigenvalue weighted by Crippen LogP contribution is -2.07. The molecule has 2 heterocycles. The Bertz CT molecular complexity index is 1100. The van der Waals surface area contributed by atoms with Crippen molar-refractivity contribution in [1.29, 1.82) is 0 Å². The molecule has 4 aromatic rings. The number of H-pyrrole nitrogens is 1. The molecule has 0 aliphatic carbocycles. The third-order valence-corrected chi connectivity index (χ3v) is 4.14. The Morgan fingerprint density at radius 3 is 2.67 bits per heavy atom. The molecule has 1 N–H and O–H groups in total. The molecule has 0 aliphatic rings. The van der Waals surface area contributed by atoms with E-state index in [1.807, 2.05) is 36.5 Å². The van der Waals surface area contributed by atoms with Crippen molar-refractivity contribution < 1.29 is 4.39 Å². The van der Waals surface area contributed by atoms with Crippen molar-refractivity contribution in [2.45, 2.75) is 0 Å². The van der Waals surface area contributed by atoms with Gasteiger partial charge in [-0.1, -0.05) is 41.9 Å². The van der Waals surface area contributed by atoms with Crippen molar-refractivity contribution >= 4 is 22.6 Å². The van der Waals surface area contributed by atoms with E-state index in [2.05, 4.69) is 9.97 Å². The molecule has 118 valence electrons. The van der Waals surface area contributed by atoms with Gasteiger partial charge in [-0.05, 0) is 23.8 Å². The van der Waals surface area contributed by atoms with Crippen LogP contribution in [0.15, 0.2) is 65.8 Å². The van der Waals surface area contributed by atoms with E-state index >= 15 is 0 Å². The van der Waals surface area contributed by atoms with Crippen molar-refractivity contribution in [3.63, 3.8) is 0 Å². The van der Waals surface area contributed by atoms with Gasteiger partial charge in [0.05, 0.1) is 16.7 Å². The van der Waals surface area contributed by atoms with Crippen molar-refractivity contribution in [1.82, 2.24) is 14.5 Å². The highest BCUT2D eigenvalue weighted by Crippen LogP contribution is 2.30. The molecular weight excluding hydrogens is 329 g/mol.